The van der Waals surface area contributed by atoms with E-state index in [9.17, 15) is 0 Å². The first kappa shape index (κ1) is 13.7. The summed E-state index contributed by atoms with van der Waals surface area (Å²) in [6.07, 6.45) is 0. The highest BCUT2D eigenvalue weighted by molar-refractivity contribution is 5.80. The first-order chi connectivity index (χ1) is 10.1. The molecule has 0 bridgehead atoms. The Balaban J connectivity index is 2.14. The molecule has 21 heavy (non-hydrogen) atoms. The van der Waals surface area contributed by atoms with E-state index in [-0.39, 0.29) is 0 Å². The number of para-hydroxylation sites is 2. The Hall–Kier alpha value is -2.30. The Labute approximate surface area is 125 Å². The molecule has 0 unspecified atom stereocenters. The molecule has 110 valence electrons. The minimum atomic E-state index is 0.788. The topological polar surface area (TPSA) is 44.3 Å². The largest absolute Gasteiger partial charge is 0.373 e. The van der Waals surface area contributed by atoms with Crippen LogP contribution in [0.2, 0.25) is 0 Å². The molecule has 0 atom stereocenters. The van der Waals surface area contributed by atoms with E-state index in [1.165, 1.54) is 11.4 Å². The Morgan fingerprint density at radius 3 is 2.48 bits per heavy atom. The van der Waals surface area contributed by atoms with E-state index in [1.54, 1.807) is 0 Å². The highest BCUT2D eigenvalue weighted by Crippen LogP contribution is 2.38. The SMILES string of the molecule is CNc1nc(C)nc(N2CCN(C)c3ccccc32)c1C. The number of hydrogen-bond donors (Lipinski definition) is 1. The molecule has 1 aliphatic heterocycles. The maximum Gasteiger partial charge on any atom is 0.141 e. The van der Waals surface area contributed by atoms with Gasteiger partial charge in [0, 0.05) is 32.7 Å². The van der Waals surface area contributed by atoms with Crippen LogP contribution in [0.1, 0.15) is 11.4 Å². The van der Waals surface area contributed by atoms with Crippen molar-refractivity contribution >= 4 is 23.0 Å². The van der Waals surface area contributed by atoms with Crippen LogP contribution in [0.4, 0.5) is 23.0 Å². The van der Waals surface area contributed by atoms with Crippen molar-refractivity contribution in [2.24, 2.45) is 0 Å². The van der Waals surface area contributed by atoms with Gasteiger partial charge in [0.2, 0.25) is 0 Å². The Morgan fingerprint density at radius 2 is 1.76 bits per heavy atom. The fourth-order valence-corrected chi connectivity index (χ4v) is 2.85. The lowest BCUT2D eigenvalue weighted by Crippen LogP contribution is -2.37. The highest BCUT2D eigenvalue weighted by Gasteiger charge is 2.24. The molecule has 0 spiro atoms. The number of nitrogens with one attached hydrogen (secondary N) is 1. The molecular weight excluding hydrogens is 262 g/mol. The van der Waals surface area contributed by atoms with Gasteiger partial charge in [-0.25, -0.2) is 9.97 Å². The number of aromatic nitrogens is 2. The molecule has 3 rings (SSSR count). The second-order valence-electron chi connectivity index (χ2n) is 5.38. The van der Waals surface area contributed by atoms with Gasteiger partial charge in [0.15, 0.2) is 0 Å². The minimum absolute atomic E-state index is 0.788. The maximum absolute atomic E-state index is 4.69. The second kappa shape index (κ2) is 5.24. The zero-order chi connectivity index (χ0) is 15.0. The summed E-state index contributed by atoms with van der Waals surface area (Å²) >= 11 is 0. The van der Waals surface area contributed by atoms with E-state index < -0.39 is 0 Å². The molecule has 1 aromatic heterocycles. The standard InChI is InChI=1S/C16H21N5/c1-11-15(17-3)18-12(2)19-16(11)21-10-9-20(4)13-7-5-6-8-14(13)21/h5-8H,9-10H2,1-4H3,(H,17,18,19). The number of aryl methyl sites for hydroxylation is 1. The van der Waals surface area contributed by atoms with Gasteiger partial charge in [0.05, 0.1) is 11.4 Å². The summed E-state index contributed by atoms with van der Waals surface area (Å²) in [5, 5.41) is 3.16. The molecule has 1 aromatic carbocycles. The van der Waals surface area contributed by atoms with E-state index in [4.69, 9.17) is 0 Å². The number of rotatable bonds is 2. The van der Waals surface area contributed by atoms with E-state index in [0.717, 1.165) is 36.1 Å². The van der Waals surface area contributed by atoms with Gasteiger partial charge in [-0.2, -0.15) is 0 Å². The first-order valence-corrected chi connectivity index (χ1v) is 7.22. The third kappa shape index (κ3) is 2.28. The molecule has 0 saturated carbocycles. The fraction of sp³-hybridized carbons (Fsp3) is 0.375. The van der Waals surface area contributed by atoms with Crippen LogP contribution in [-0.2, 0) is 0 Å². The van der Waals surface area contributed by atoms with Gasteiger partial charge < -0.3 is 15.1 Å². The summed E-state index contributed by atoms with van der Waals surface area (Å²) in [4.78, 5) is 13.7. The fourth-order valence-electron chi connectivity index (χ4n) is 2.85. The summed E-state index contributed by atoms with van der Waals surface area (Å²) in [5.74, 6) is 2.68. The van der Waals surface area contributed by atoms with Crippen LogP contribution in [0.25, 0.3) is 0 Å². The average Bonchev–Trinajstić information content (AvgIpc) is 2.50. The Kier molecular flexibility index (Phi) is 3.41. The van der Waals surface area contributed by atoms with E-state index in [1.807, 2.05) is 14.0 Å². The quantitative estimate of drug-likeness (QED) is 0.918. The molecule has 5 heteroatoms. The maximum atomic E-state index is 4.69. The smallest absolute Gasteiger partial charge is 0.141 e. The van der Waals surface area contributed by atoms with Gasteiger partial charge in [-0.1, -0.05) is 12.1 Å². The van der Waals surface area contributed by atoms with Gasteiger partial charge in [-0.05, 0) is 26.0 Å². The summed E-state index contributed by atoms with van der Waals surface area (Å²) in [7, 11) is 4.03. The number of hydrogen-bond acceptors (Lipinski definition) is 5. The van der Waals surface area contributed by atoms with Gasteiger partial charge in [-0.3, -0.25) is 0 Å². The molecule has 5 nitrogen and oxygen atoms in total. The molecule has 2 aromatic rings. The van der Waals surface area contributed by atoms with Gasteiger partial charge >= 0.3 is 0 Å². The molecule has 0 saturated heterocycles. The Morgan fingerprint density at radius 1 is 1.05 bits per heavy atom. The lowest BCUT2D eigenvalue weighted by atomic mass is 10.1. The van der Waals surface area contributed by atoms with Crippen LogP contribution >= 0.6 is 0 Å². The lowest BCUT2D eigenvalue weighted by Gasteiger charge is -2.37. The van der Waals surface area contributed by atoms with Crippen molar-refractivity contribution < 1.29 is 0 Å². The van der Waals surface area contributed by atoms with Crippen LogP contribution < -0.4 is 15.1 Å². The van der Waals surface area contributed by atoms with Gasteiger partial charge in [0.25, 0.3) is 0 Å². The lowest BCUT2D eigenvalue weighted by molar-refractivity contribution is 0.805. The van der Waals surface area contributed by atoms with Crippen molar-refractivity contribution in [2.45, 2.75) is 13.8 Å². The zero-order valence-corrected chi connectivity index (χ0v) is 13.0. The van der Waals surface area contributed by atoms with E-state index in [0.29, 0.717) is 0 Å². The van der Waals surface area contributed by atoms with Crippen molar-refractivity contribution in [3.05, 3.63) is 35.7 Å². The predicted octanol–water partition coefficient (Wildman–Crippen LogP) is 2.72. The molecule has 0 radical (unpaired) electrons. The molecular formula is C16H21N5. The molecule has 2 heterocycles. The van der Waals surface area contributed by atoms with E-state index >= 15 is 0 Å². The number of fused-ring (bicyclic) bond motifs is 1. The monoisotopic (exact) mass is 283 g/mol. The second-order valence-corrected chi connectivity index (χ2v) is 5.38. The average molecular weight is 283 g/mol. The first-order valence-electron chi connectivity index (χ1n) is 7.22. The third-order valence-corrected chi connectivity index (χ3v) is 3.97. The molecule has 0 fully saturated rings. The molecule has 1 N–H and O–H groups in total. The van der Waals surface area contributed by atoms with Crippen molar-refractivity contribution in [3.63, 3.8) is 0 Å². The van der Waals surface area contributed by atoms with Crippen molar-refractivity contribution in [2.75, 3.05) is 42.3 Å². The highest BCUT2D eigenvalue weighted by atomic mass is 15.3. The summed E-state index contributed by atoms with van der Waals surface area (Å²) in [6.45, 7) is 5.91. The molecule has 0 amide bonds. The third-order valence-electron chi connectivity index (χ3n) is 3.97. The summed E-state index contributed by atoms with van der Waals surface area (Å²) < 4.78 is 0. The Bertz CT molecular complexity index is 668. The van der Waals surface area contributed by atoms with Gasteiger partial charge in [0.1, 0.15) is 17.5 Å². The van der Waals surface area contributed by atoms with E-state index in [2.05, 4.69) is 63.3 Å². The van der Waals surface area contributed by atoms with Crippen molar-refractivity contribution in [1.82, 2.24) is 9.97 Å². The molecule has 0 aliphatic carbocycles. The van der Waals surface area contributed by atoms with Crippen LogP contribution in [0.5, 0.6) is 0 Å². The predicted molar refractivity (Wildman–Crippen MR) is 87.8 cm³/mol. The van der Waals surface area contributed by atoms with Crippen LogP contribution in [0.3, 0.4) is 0 Å². The zero-order valence-electron chi connectivity index (χ0n) is 13.0. The van der Waals surface area contributed by atoms with Crippen molar-refractivity contribution in [3.8, 4) is 0 Å². The van der Waals surface area contributed by atoms with Crippen LogP contribution in [0, 0.1) is 13.8 Å². The molecule has 1 aliphatic rings. The number of nitrogens with zero attached hydrogens (tertiary/aromatic N) is 4. The summed E-state index contributed by atoms with van der Waals surface area (Å²) in [6, 6.07) is 8.47. The van der Waals surface area contributed by atoms with Crippen LogP contribution in [0.15, 0.2) is 24.3 Å². The minimum Gasteiger partial charge on any atom is -0.373 e. The normalized spacial score (nSPS) is 14.1. The van der Waals surface area contributed by atoms with Crippen LogP contribution in [-0.4, -0.2) is 37.2 Å². The number of benzene rings is 1. The number of likely N-dealkylation sites (N-methyl/N-ethyl adjacent to an activating group) is 1. The number of anilines is 4. The van der Waals surface area contributed by atoms with Gasteiger partial charge in [-0.15, -0.1) is 0 Å². The summed E-state index contributed by atoms with van der Waals surface area (Å²) in [5.41, 5.74) is 3.53. The van der Waals surface area contributed by atoms with Crippen molar-refractivity contribution in [1.29, 1.82) is 0 Å².